The number of hydrogen-bond acceptors (Lipinski definition) is 6. The van der Waals surface area contributed by atoms with E-state index < -0.39 is 36.0 Å². The monoisotopic (exact) mass is 479 g/mol. The smallest absolute Gasteiger partial charge is 0.349 e. The highest BCUT2D eigenvalue weighted by Gasteiger charge is 2.45. The number of carbonyl (C=O) groups is 4. The summed E-state index contributed by atoms with van der Waals surface area (Å²) in [5, 5.41) is 12.7. The van der Waals surface area contributed by atoms with Crippen LogP contribution < -0.4 is 5.32 Å². The van der Waals surface area contributed by atoms with Crippen molar-refractivity contribution in [2.75, 3.05) is 0 Å². The van der Waals surface area contributed by atoms with Crippen LogP contribution in [-0.4, -0.2) is 47.2 Å². The van der Waals surface area contributed by atoms with E-state index in [2.05, 4.69) is 5.32 Å². The van der Waals surface area contributed by atoms with Gasteiger partial charge in [-0.05, 0) is 69.2 Å². The molecular formula is C27H29NO7. The van der Waals surface area contributed by atoms with Gasteiger partial charge in [0.15, 0.2) is 0 Å². The first kappa shape index (κ1) is 24.4. The predicted molar refractivity (Wildman–Crippen MR) is 126 cm³/mol. The molecule has 1 amide bonds. The third kappa shape index (κ3) is 5.70. The number of amides is 1. The largest absolute Gasteiger partial charge is 0.478 e. The summed E-state index contributed by atoms with van der Waals surface area (Å²) >= 11 is 0. The number of aliphatic carboxylic acids is 1. The summed E-state index contributed by atoms with van der Waals surface area (Å²) in [5.74, 6) is -3.33. The Morgan fingerprint density at radius 3 is 1.74 bits per heavy atom. The fraction of sp³-hybridized carbons (Fsp3) is 0.407. The molecule has 184 valence electrons. The molecule has 2 aromatic rings. The van der Waals surface area contributed by atoms with Crippen LogP contribution in [-0.2, 0) is 19.1 Å². The fourth-order valence-corrected chi connectivity index (χ4v) is 4.93. The number of esters is 2. The Hall–Kier alpha value is -3.68. The van der Waals surface area contributed by atoms with Gasteiger partial charge in [-0.1, -0.05) is 41.8 Å². The van der Waals surface area contributed by atoms with E-state index in [0.29, 0.717) is 11.8 Å². The van der Waals surface area contributed by atoms with Gasteiger partial charge in [-0.3, -0.25) is 4.79 Å². The van der Waals surface area contributed by atoms with E-state index in [4.69, 9.17) is 9.47 Å². The average molecular weight is 480 g/mol. The Balaban J connectivity index is 1.56. The first-order valence-corrected chi connectivity index (χ1v) is 11.8. The van der Waals surface area contributed by atoms with E-state index in [9.17, 15) is 24.3 Å². The van der Waals surface area contributed by atoms with Gasteiger partial charge in [0, 0.05) is 6.04 Å². The van der Waals surface area contributed by atoms with Crippen LogP contribution in [0.5, 0.6) is 0 Å². The standard InChI is InChI=1S/C27H29NO7/c1-15-3-8-18(9-4-15)26(32)34-22(24(29)28-21-14-17-7-12-20(21)13-17)23(25(30)31)35-27(33)19-10-5-16(2)6-11-19/h3-6,8-11,17,20-23H,7,12-14H2,1-2H3,(H,28,29)(H,30,31)/t17-,20-,21-,22+,23-/m0/s1. The molecule has 0 unspecified atom stereocenters. The lowest BCUT2D eigenvalue weighted by molar-refractivity contribution is -0.159. The van der Waals surface area contributed by atoms with Crippen LogP contribution in [0.2, 0.25) is 0 Å². The van der Waals surface area contributed by atoms with E-state index in [-0.39, 0.29) is 17.2 Å². The van der Waals surface area contributed by atoms with Crippen molar-refractivity contribution < 1.29 is 33.8 Å². The minimum Gasteiger partial charge on any atom is -0.478 e. The third-order valence-electron chi connectivity index (χ3n) is 6.89. The lowest BCUT2D eigenvalue weighted by Gasteiger charge is -2.28. The molecule has 8 heteroatoms. The van der Waals surface area contributed by atoms with Crippen LogP contribution in [0.3, 0.4) is 0 Å². The molecule has 0 radical (unpaired) electrons. The van der Waals surface area contributed by atoms with Gasteiger partial charge in [-0.25, -0.2) is 14.4 Å². The van der Waals surface area contributed by atoms with Crippen LogP contribution in [0.4, 0.5) is 0 Å². The van der Waals surface area contributed by atoms with Gasteiger partial charge in [-0.2, -0.15) is 0 Å². The van der Waals surface area contributed by atoms with Gasteiger partial charge in [-0.15, -0.1) is 0 Å². The molecule has 0 saturated heterocycles. The maximum absolute atomic E-state index is 13.3. The fourth-order valence-electron chi connectivity index (χ4n) is 4.93. The number of nitrogens with one attached hydrogen (secondary N) is 1. The third-order valence-corrected chi connectivity index (χ3v) is 6.89. The Morgan fingerprint density at radius 2 is 1.31 bits per heavy atom. The SMILES string of the molecule is Cc1ccc(C(=O)O[C@H](C(=O)O)[C@@H](OC(=O)c2ccc(C)cc2)C(=O)N[C@H]2C[C@H]3CC[C@H]2C3)cc1. The molecule has 0 heterocycles. The van der Waals surface area contributed by atoms with Crippen molar-refractivity contribution in [3.05, 3.63) is 70.8 Å². The number of carboxylic acid groups (broad SMARTS) is 1. The second kappa shape index (κ2) is 10.3. The van der Waals surface area contributed by atoms with Gasteiger partial charge in [0.25, 0.3) is 5.91 Å². The zero-order valence-corrected chi connectivity index (χ0v) is 19.7. The molecule has 0 aliphatic heterocycles. The van der Waals surface area contributed by atoms with Gasteiger partial charge in [0.2, 0.25) is 12.2 Å². The molecule has 2 aliphatic rings. The zero-order valence-electron chi connectivity index (χ0n) is 19.7. The maximum atomic E-state index is 13.3. The molecule has 2 aliphatic carbocycles. The van der Waals surface area contributed by atoms with E-state index >= 15 is 0 Å². The summed E-state index contributed by atoms with van der Waals surface area (Å²) < 4.78 is 10.6. The molecular weight excluding hydrogens is 450 g/mol. The van der Waals surface area contributed by atoms with Crippen LogP contribution in [0.15, 0.2) is 48.5 Å². The second-order valence-corrected chi connectivity index (χ2v) is 9.51. The van der Waals surface area contributed by atoms with Gasteiger partial charge in [0.05, 0.1) is 11.1 Å². The van der Waals surface area contributed by atoms with Crippen molar-refractivity contribution in [2.45, 2.75) is 57.8 Å². The highest BCUT2D eigenvalue weighted by molar-refractivity contribution is 5.96. The van der Waals surface area contributed by atoms with Crippen molar-refractivity contribution in [1.82, 2.24) is 5.32 Å². The van der Waals surface area contributed by atoms with Crippen LogP contribution in [0, 0.1) is 25.7 Å². The lowest BCUT2D eigenvalue weighted by Crippen LogP contribution is -2.53. The van der Waals surface area contributed by atoms with Crippen molar-refractivity contribution in [1.29, 1.82) is 0 Å². The minimum absolute atomic E-state index is 0.121. The number of ether oxygens (including phenoxy) is 2. The molecule has 5 atom stereocenters. The zero-order chi connectivity index (χ0) is 25.1. The second-order valence-electron chi connectivity index (χ2n) is 9.51. The quantitative estimate of drug-likeness (QED) is 0.557. The van der Waals surface area contributed by atoms with Crippen molar-refractivity contribution in [2.24, 2.45) is 11.8 Å². The number of hydrogen-bond donors (Lipinski definition) is 2. The van der Waals surface area contributed by atoms with Crippen LogP contribution >= 0.6 is 0 Å². The Bertz CT molecular complexity index is 1110. The summed E-state index contributed by atoms with van der Waals surface area (Å²) in [5.41, 5.74) is 2.11. The molecule has 2 fully saturated rings. The van der Waals surface area contributed by atoms with Crippen molar-refractivity contribution in [3.8, 4) is 0 Å². The molecule has 2 saturated carbocycles. The molecule has 0 spiro atoms. The number of fused-ring (bicyclic) bond motifs is 2. The van der Waals surface area contributed by atoms with E-state index in [1.54, 1.807) is 24.3 Å². The molecule has 8 nitrogen and oxygen atoms in total. The molecule has 4 rings (SSSR count). The highest BCUT2D eigenvalue weighted by Crippen LogP contribution is 2.44. The Kier molecular flexibility index (Phi) is 7.19. The van der Waals surface area contributed by atoms with E-state index in [1.807, 2.05) is 13.8 Å². The van der Waals surface area contributed by atoms with Gasteiger partial charge in [0.1, 0.15) is 0 Å². The average Bonchev–Trinajstić information content (AvgIpc) is 3.45. The summed E-state index contributed by atoms with van der Waals surface area (Å²) in [7, 11) is 0. The Morgan fingerprint density at radius 1 is 0.800 bits per heavy atom. The summed E-state index contributed by atoms with van der Waals surface area (Å²) in [4.78, 5) is 50.9. The van der Waals surface area contributed by atoms with Crippen molar-refractivity contribution >= 4 is 23.8 Å². The number of carbonyl (C=O) groups excluding carboxylic acids is 3. The molecule has 2 aromatic carbocycles. The molecule has 35 heavy (non-hydrogen) atoms. The van der Waals surface area contributed by atoms with Gasteiger partial charge < -0.3 is 19.9 Å². The minimum atomic E-state index is -2.02. The number of aryl methyl sites for hydroxylation is 2. The molecule has 2 N–H and O–H groups in total. The summed E-state index contributed by atoms with van der Waals surface area (Å²) in [6.45, 7) is 3.70. The highest BCUT2D eigenvalue weighted by atomic mass is 16.6. The van der Waals surface area contributed by atoms with Crippen LogP contribution in [0.1, 0.15) is 57.5 Å². The van der Waals surface area contributed by atoms with Gasteiger partial charge >= 0.3 is 17.9 Å². The molecule has 2 bridgehead atoms. The van der Waals surface area contributed by atoms with Crippen LogP contribution in [0.25, 0.3) is 0 Å². The predicted octanol–water partition coefficient (Wildman–Crippen LogP) is 3.44. The topological polar surface area (TPSA) is 119 Å². The Labute approximate surface area is 203 Å². The number of rotatable bonds is 8. The van der Waals surface area contributed by atoms with Crippen molar-refractivity contribution in [3.63, 3.8) is 0 Å². The number of benzene rings is 2. The summed E-state index contributed by atoms with van der Waals surface area (Å²) in [6.07, 6.45) is 0.0641. The first-order chi connectivity index (χ1) is 16.7. The number of carboxylic acids is 1. The lowest BCUT2D eigenvalue weighted by atomic mass is 9.95. The first-order valence-electron chi connectivity index (χ1n) is 11.8. The van der Waals surface area contributed by atoms with E-state index in [0.717, 1.165) is 36.8 Å². The molecule has 0 aromatic heterocycles. The normalized spacial score (nSPS) is 22.2. The van der Waals surface area contributed by atoms with E-state index in [1.165, 1.54) is 24.3 Å². The summed E-state index contributed by atoms with van der Waals surface area (Å²) in [6, 6.07) is 12.7. The maximum Gasteiger partial charge on any atom is 0.349 e.